The zero-order valence-corrected chi connectivity index (χ0v) is 8.43. The molecule has 1 saturated heterocycles. The van der Waals surface area contributed by atoms with Crippen molar-refractivity contribution in [3.8, 4) is 0 Å². The fraction of sp³-hybridized carbons (Fsp3) is 0.714. The molecule has 1 fully saturated rings. The maximum absolute atomic E-state index is 11.0. The maximum Gasteiger partial charge on any atom is 0.233 e. The third-order valence-electron chi connectivity index (χ3n) is 1.76. The Bertz CT molecular complexity index is 202. The molecule has 0 atom stereocenters. The Morgan fingerprint density at radius 3 is 2.58 bits per heavy atom. The summed E-state index contributed by atoms with van der Waals surface area (Å²) in [7, 11) is 0. The first-order chi connectivity index (χ1) is 5.63. The predicted octanol–water partition coefficient (Wildman–Crippen LogP) is -0.272. The van der Waals surface area contributed by atoms with Gasteiger partial charge in [-0.1, -0.05) is 15.9 Å². The summed E-state index contributed by atoms with van der Waals surface area (Å²) in [5, 5.41) is 3.10. The number of carbonyl (C=O) groups is 2. The van der Waals surface area contributed by atoms with E-state index in [2.05, 4.69) is 21.2 Å². The van der Waals surface area contributed by atoms with E-state index in [9.17, 15) is 9.59 Å². The lowest BCUT2D eigenvalue weighted by Crippen LogP contribution is -2.60. The second kappa shape index (κ2) is 3.89. The summed E-state index contributed by atoms with van der Waals surface area (Å²) in [4.78, 5) is 23.3. The molecule has 0 aromatic heterocycles. The van der Waals surface area contributed by atoms with Gasteiger partial charge in [0.1, 0.15) is 0 Å². The van der Waals surface area contributed by atoms with Crippen molar-refractivity contribution in [1.82, 2.24) is 10.2 Å². The number of hydrogen-bond donors (Lipinski definition) is 1. The third-order valence-corrected chi connectivity index (χ3v) is 2.24. The Kier molecular flexibility index (Phi) is 3.08. The minimum absolute atomic E-state index is 0.0362. The summed E-state index contributed by atoms with van der Waals surface area (Å²) < 4.78 is 0. The topological polar surface area (TPSA) is 49.4 Å². The molecule has 1 aliphatic heterocycles. The van der Waals surface area contributed by atoms with Crippen LogP contribution in [0.3, 0.4) is 0 Å². The van der Waals surface area contributed by atoms with E-state index in [4.69, 9.17) is 0 Å². The summed E-state index contributed by atoms with van der Waals surface area (Å²) >= 11 is 3.08. The highest BCUT2D eigenvalue weighted by Crippen LogP contribution is 2.08. The molecule has 1 rings (SSSR count). The van der Waals surface area contributed by atoms with Gasteiger partial charge in [-0.3, -0.25) is 9.59 Å². The first kappa shape index (κ1) is 9.51. The molecule has 2 amide bonds. The van der Waals surface area contributed by atoms with Gasteiger partial charge in [-0.05, 0) is 0 Å². The van der Waals surface area contributed by atoms with Gasteiger partial charge in [0.05, 0.1) is 11.4 Å². The lowest BCUT2D eigenvalue weighted by Gasteiger charge is -2.39. The molecule has 0 spiro atoms. The number of alkyl halides is 1. The van der Waals surface area contributed by atoms with Crippen molar-refractivity contribution in [2.24, 2.45) is 0 Å². The Balaban J connectivity index is 2.20. The van der Waals surface area contributed by atoms with Crippen molar-refractivity contribution >= 4 is 27.7 Å². The number of carbonyl (C=O) groups excluding carboxylic acids is 2. The number of likely N-dealkylation sites (tertiary alicyclic amines) is 1. The van der Waals surface area contributed by atoms with Gasteiger partial charge in [-0.15, -0.1) is 0 Å². The monoisotopic (exact) mass is 234 g/mol. The fourth-order valence-electron chi connectivity index (χ4n) is 1.15. The summed E-state index contributed by atoms with van der Waals surface area (Å²) in [5.74, 6) is 0.0440. The smallest absolute Gasteiger partial charge is 0.233 e. The van der Waals surface area contributed by atoms with E-state index < -0.39 is 0 Å². The Labute approximate surface area is 79.4 Å². The SMILES string of the molecule is CC(=O)NC1CN(C(=O)CBr)C1. The maximum atomic E-state index is 11.0. The second-order valence-electron chi connectivity index (χ2n) is 2.83. The molecule has 0 aromatic rings. The second-order valence-corrected chi connectivity index (χ2v) is 3.39. The van der Waals surface area contributed by atoms with Crippen LogP contribution in [0, 0.1) is 0 Å². The lowest BCUT2D eigenvalue weighted by atomic mass is 10.1. The molecule has 4 nitrogen and oxygen atoms in total. The molecule has 12 heavy (non-hydrogen) atoms. The largest absolute Gasteiger partial charge is 0.350 e. The van der Waals surface area contributed by atoms with E-state index in [-0.39, 0.29) is 17.9 Å². The number of halogens is 1. The van der Waals surface area contributed by atoms with Gasteiger partial charge in [0.25, 0.3) is 0 Å². The molecular formula is C7H11BrN2O2. The number of nitrogens with one attached hydrogen (secondary N) is 1. The van der Waals surface area contributed by atoms with Crippen molar-refractivity contribution in [2.45, 2.75) is 13.0 Å². The van der Waals surface area contributed by atoms with Crippen molar-refractivity contribution in [2.75, 3.05) is 18.4 Å². The molecule has 1 aliphatic rings. The number of nitrogens with zero attached hydrogens (tertiary/aromatic N) is 1. The molecule has 0 aromatic carbocycles. The summed E-state index contributed by atoms with van der Waals surface area (Å²) in [6.07, 6.45) is 0. The zero-order chi connectivity index (χ0) is 9.14. The molecular weight excluding hydrogens is 224 g/mol. The van der Waals surface area contributed by atoms with Gasteiger partial charge < -0.3 is 10.2 Å². The van der Waals surface area contributed by atoms with Crippen LogP contribution in [0.1, 0.15) is 6.92 Å². The van der Waals surface area contributed by atoms with Gasteiger partial charge in [-0.2, -0.15) is 0 Å². The van der Waals surface area contributed by atoms with Crippen molar-refractivity contribution in [1.29, 1.82) is 0 Å². The minimum atomic E-state index is -0.0362. The molecule has 0 saturated carbocycles. The predicted molar refractivity (Wildman–Crippen MR) is 48.0 cm³/mol. The van der Waals surface area contributed by atoms with Crippen LogP contribution < -0.4 is 5.32 Å². The van der Waals surface area contributed by atoms with Gasteiger partial charge in [-0.25, -0.2) is 0 Å². The average molecular weight is 235 g/mol. The first-order valence-corrected chi connectivity index (χ1v) is 4.86. The van der Waals surface area contributed by atoms with Crippen molar-refractivity contribution < 1.29 is 9.59 Å². The molecule has 0 radical (unpaired) electrons. The van der Waals surface area contributed by atoms with E-state index in [1.165, 1.54) is 6.92 Å². The Morgan fingerprint density at radius 1 is 1.58 bits per heavy atom. The average Bonchev–Trinajstić information content (AvgIpc) is 1.94. The van der Waals surface area contributed by atoms with Gasteiger partial charge >= 0.3 is 0 Å². The molecule has 0 unspecified atom stereocenters. The summed E-state index contributed by atoms with van der Waals surface area (Å²) in [6.45, 7) is 2.77. The quantitative estimate of drug-likeness (QED) is 0.669. The van der Waals surface area contributed by atoms with E-state index in [1.54, 1.807) is 4.90 Å². The number of amides is 2. The van der Waals surface area contributed by atoms with Gasteiger partial charge in [0.15, 0.2) is 0 Å². The normalized spacial score (nSPS) is 17.0. The highest BCUT2D eigenvalue weighted by Gasteiger charge is 2.29. The first-order valence-electron chi connectivity index (χ1n) is 3.74. The van der Waals surface area contributed by atoms with Crippen LogP contribution in [0.5, 0.6) is 0 Å². The van der Waals surface area contributed by atoms with E-state index in [1.807, 2.05) is 0 Å². The van der Waals surface area contributed by atoms with Crippen LogP contribution >= 0.6 is 15.9 Å². The number of rotatable bonds is 2. The fourth-order valence-corrected chi connectivity index (χ4v) is 1.50. The molecule has 1 heterocycles. The molecule has 0 bridgehead atoms. The Hall–Kier alpha value is -0.580. The molecule has 1 N–H and O–H groups in total. The Morgan fingerprint density at radius 2 is 2.17 bits per heavy atom. The number of hydrogen-bond acceptors (Lipinski definition) is 2. The summed E-state index contributed by atoms with van der Waals surface area (Å²) in [5.41, 5.74) is 0. The van der Waals surface area contributed by atoms with Crippen LogP contribution in [0.2, 0.25) is 0 Å². The van der Waals surface area contributed by atoms with Crippen LogP contribution in [-0.4, -0.2) is 41.2 Å². The van der Waals surface area contributed by atoms with Gasteiger partial charge in [0.2, 0.25) is 11.8 Å². The van der Waals surface area contributed by atoms with Crippen LogP contribution in [0.15, 0.2) is 0 Å². The highest BCUT2D eigenvalue weighted by molar-refractivity contribution is 9.09. The van der Waals surface area contributed by atoms with Crippen LogP contribution in [-0.2, 0) is 9.59 Å². The van der Waals surface area contributed by atoms with Gasteiger partial charge in [0, 0.05) is 20.0 Å². The van der Waals surface area contributed by atoms with Crippen molar-refractivity contribution in [3.05, 3.63) is 0 Å². The van der Waals surface area contributed by atoms with Crippen LogP contribution in [0.4, 0.5) is 0 Å². The summed E-state index contributed by atoms with van der Waals surface area (Å²) in [6, 6.07) is 0.158. The van der Waals surface area contributed by atoms with E-state index in [0.29, 0.717) is 18.4 Å². The van der Waals surface area contributed by atoms with E-state index >= 15 is 0 Å². The molecule has 5 heteroatoms. The van der Waals surface area contributed by atoms with Crippen molar-refractivity contribution in [3.63, 3.8) is 0 Å². The molecule has 0 aliphatic carbocycles. The van der Waals surface area contributed by atoms with Crippen LogP contribution in [0.25, 0.3) is 0 Å². The van der Waals surface area contributed by atoms with E-state index in [0.717, 1.165) is 0 Å². The minimum Gasteiger partial charge on any atom is -0.350 e. The highest BCUT2D eigenvalue weighted by atomic mass is 79.9. The standard InChI is InChI=1S/C7H11BrN2O2/c1-5(11)9-6-3-10(4-6)7(12)2-8/h6H,2-4H2,1H3,(H,9,11). The lowest BCUT2D eigenvalue weighted by molar-refractivity contribution is -0.135. The third kappa shape index (κ3) is 2.20. The zero-order valence-electron chi connectivity index (χ0n) is 6.84. The molecule has 68 valence electrons.